The molecule has 6 nitrogen and oxygen atoms in total. The van der Waals surface area contributed by atoms with Gasteiger partial charge in [-0.2, -0.15) is 12.6 Å². The van der Waals surface area contributed by atoms with E-state index < -0.39 is 18.1 Å². The molecular formula is C12H16N2O4S. The predicted molar refractivity (Wildman–Crippen MR) is 74.8 cm³/mol. The zero-order chi connectivity index (χ0) is 14.3. The number of carbonyl (C=O) groups excluding carboxylic acids is 1. The average molecular weight is 284 g/mol. The Morgan fingerprint density at radius 2 is 2.11 bits per heavy atom. The summed E-state index contributed by atoms with van der Waals surface area (Å²) in [6.07, 6.45) is -1.07. The van der Waals surface area contributed by atoms with Crippen LogP contribution in [0.2, 0.25) is 0 Å². The van der Waals surface area contributed by atoms with Crippen LogP contribution >= 0.6 is 12.6 Å². The summed E-state index contributed by atoms with van der Waals surface area (Å²) in [5, 5.41) is 33.1. The van der Waals surface area contributed by atoms with Crippen LogP contribution < -0.4 is 5.32 Å². The first-order valence-corrected chi connectivity index (χ1v) is 6.27. The number of anilines is 1. The van der Waals surface area contributed by atoms with Crippen molar-refractivity contribution in [2.24, 2.45) is 5.16 Å². The van der Waals surface area contributed by atoms with E-state index in [9.17, 15) is 15.0 Å². The number of aliphatic hydroxyl groups is 2. The maximum absolute atomic E-state index is 11.3. The Morgan fingerprint density at radius 3 is 2.74 bits per heavy atom. The Balaban J connectivity index is 2.91. The standard InChI is InChI=1S/C12H16N2O4S/c15-10(5-6-19)12(17)8-3-1-2-4-9(8)14-11(16)7-13-18/h1-4,7,10,12,15,17-19H,5-6H2,(H,14,16). The Morgan fingerprint density at radius 1 is 1.42 bits per heavy atom. The van der Waals surface area contributed by atoms with Crippen LogP contribution in [0.15, 0.2) is 29.4 Å². The molecule has 0 aromatic heterocycles. The molecule has 19 heavy (non-hydrogen) atoms. The number of carbonyl (C=O) groups is 1. The lowest BCUT2D eigenvalue weighted by Crippen LogP contribution is -2.21. The van der Waals surface area contributed by atoms with Gasteiger partial charge in [-0.1, -0.05) is 23.4 Å². The first kappa shape index (κ1) is 15.5. The quantitative estimate of drug-likeness (QED) is 0.231. The van der Waals surface area contributed by atoms with Gasteiger partial charge in [0, 0.05) is 11.3 Å². The number of hydrogen-bond donors (Lipinski definition) is 5. The number of rotatable bonds is 6. The number of benzene rings is 1. The van der Waals surface area contributed by atoms with Crippen molar-refractivity contribution < 1.29 is 20.2 Å². The van der Waals surface area contributed by atoms with E-state index in [4.69, 9.17) is 5.21 Å². The molecule has 0 saturated heterocycles. The molecule has 0 aliphatic rings. The normalized spacial score (nSPS) is 14.3. The maximum Gasteiger partial charge on any atom is 0.270 e. The summed E-state index contributed by atoms with van der Waals surface area (Å²) in [5.41, 5.74) is 0.731. The van der Waals surface area contributed by atoms with Crippen molar-refractivity contribution in [2.45, 2.75) is 18.6 Å². The fourth-order valence-corrected chi connectivity index (χ4v) is 1.85. The molecule has 104 valence electrons. The van der Waals surface area contributed by atoms with Gasteiger partial charge in [-0.25, -0.2) is 0 Å². The van der Waals surface area contributed by atoms with Crippen LogP contribution in [0, 0.1) is 0 Å². The fourth-order valence-electron chi connectivity index (χ4n) is 1.58. The zero-order valence-corrected chi connectivity index (χ0v) is 11.0. The second-order valence-corrected chi connectivity index (χ2v) is 4.29. The molecule has 1 amide bonds. The lowest BCUT2D eigenvalue weighted by Gasteiger charge is -2.20. The van der Waals surface area contributed by atoms with Gasteiger partial charge in [-0.15, -0.1) is 0 Å². The smallest absolute Gasteiger partial charge is 0.270 e. The highest BCUT2D eigenvalue weighted by Gasteiger charge is 2.20. The summed E-state index contributed by atoms with van der Waals surface area (Å²) in [4.78, 5) is 11.3. The van der Waals surface area contributed by atoms with Crippen LogP contribution in [0.5, 0.6) is 0 Å². The van der Waals surface area contributed by atoms with E-state index in [1.165, 1.54) is 0 Å². The van der Waals surface area contributed by atoms with E-state index >= 15 is 0 Å². The monoisotopic (exact) mass is 284 g/mol. The summed E-state index contributed by atoms with van der Waals surface area (Å²) < 4.78 is 0. The third-order valence-electron chi connectivity index (χ3n) is 2.50. The van der Waals surface area contributed by atoms with Gasteiger partial charge in [-0.05, 0) is 18.2 Å². The summed E-state index contributed by atoms with van der Waals surface area (Å²) in [6.45, 7) is 0. The second-order valence-electron chi connectivity index (χ2n) is 3.85. The Bertz CT molecular complexity index is 453. The number of hydrogen-bond acceptors (Lipinski definition) is 6. The van der Waals surface area contributed by atoms with Crippen molar-refractivity contribution in [1.82, 2.24) is 0 Å². The molecule has 4 N–H and O–H groups in total. The highest BCUT2D eigenvalue weighted by molar-refractivity contribution is 7.80. The summed E-state index contributed by atoms with van der Waals surface area (Å²) in [7, 11) is 0. The van der Waals surface area contributed by atoms with Crippen LogP contribution in [0.4, 0.5) is 5.69 Å². The van der Waals surface area contributed by atoms with E-state index in [2.05, 4.69) is 23.1 Å². The first-order chi connectivity index (χ1) is 9.10. The Hall–Kier alpha value is -1.57. The van der Waals surface area contributed by atoms with Crippen molar-refractivity contribution in [3.63, 3.8) is 0 Å². The molecule has 7 heteroatoms. The van der Waals surface area contributed by atoms with Crippen LogP contribution in [-0.2, 0) is 4.79 Å². The third-order valence-corrected chi connectivity index (χ3v) is 2.76. The number of nitrogens with zero attached hydrogens (tertiary/aromatic N) is 1. The Kier molecular flexibility index (Phi) is 6.34. The van der Waals surface area contributed by atoms with Gasteiger partial charge >= 0.3 is 0 Å². The minimum atomic E-state index is -1.13. The van der Waals surface area contributed by atoms with Crippen molar-refractivity contribution in [3.8, 4) is 0 Å². The van der Waals surface area contributed by atoms with Crippen molar-refractivity contribution in [3.05, 3.63) is 29.8 Å². The molecule has 2 atom stereocenters. The van der Waals surface area contributed by atoms with Crippen LogP contribution in [0.1, 0.15) is 18.1 Å². The lowest BCUT2D eigenvalue weighted by molar-refractivity contribution is -0.110. The van der Waals surface area contributed by atoms with E-state index in [1.54, 1.807) is 24.3 Å². The minimum absolute atomic E-state index is 0.324. The molecule has 1 rings (SSSR count). The van der Waals surface area contributed by atoms with E-state index in [0.29, 0.717) is 29.6 Å². The van der Waals surface area contributed by atoms with Crippen LogP contribution in [-0.4, -0.2) is 39.4 Å². The largest absolute Gasteiger partial charge is 0.411 e. The molecule has 0 radical (unpaired) electrons. The van der Waals surface area contributed by atoms with Crippen molar-refractivity contribution in [2.75, 3.05) is 11.1 Å². The number of thiol groups is 1. The number of oxime groups is 1. The van der Waals surface area contributed by atoms with Gasteiger partial charge in [-0.3, -0.25) is 4.79 Å². The second kappa shape index (κ2) is 7.78. The van der Waals surface area contributed by atoms with Gasteiger partial charge < -0.3 is 20.7 Å². The summed E-state index contributed by atoms with van der Waals surface area (Å²) in [5.74, 6) is -0.199. The van der Waals surface area contributed by atoms with Crippen molar-refractivity contribution >= 4 is 30.4 Å². The first-order valence-electron chi connectivity index (χ1n) is 5.64. The zero-order valence-electron chi connectivity index (χ0n) is 10.1. The Labute approximate surface area is 116 Å². The molecule has 0 aliphatic heterocycles. The SMILES string of the molecule is O=C(C=NO)Nc1ccccc1C(O)C(O)CCS. The van der Waals surface area contributed by atoms with Crippen LogP contribution in [0.3, 0.4) is 0 Å². The summed E-state index contributed by atoms with van der Waals surface area (Å²) in [6, 6.07) is 6.53. The average Bonchev–Trinajstić information content (AvgIpc) is 2.39. The van der Waals surface area contributed by atoms with Gasteiger partial charge in [0.2, 0.25) is 0 Å². The number of amides is 1. The molecule has 2 unspecified atom stereocenters. The highest BCUT2D eigenvalue weighted by atomic mass is 32.1. The van der Waals surface area contributed by atoms with E-state index in [-0.39, 0.29) is 0 Å². The number of nitrogens with one attached hydrogen (secondary N) is 1. The van der Waals surface area contributed by atoms with Gasteiger partial charge in [0.1, 0.15) is 12.3 Å². The lowest BCUT2D eigenvalue weighted by atomic mass is 10.0. The molecule has 0 heterocycles. The third kappa shape index (κ3) is 4.55. The molecular weight excluding hydrogens is 268 g/mol. The molecule has 0 saturated carbocycles. The topological polar surface area (TPSA) is 102 Å². The molecule has 0 spiro atoms. The van der Waals surface area contributed by atoms with Crippen LogP contribution in [0.25, 0.3) is 0 Å². The van der Waals surface area contributed by atoms with E-state index in [1.807, 2.05) is 0 Å². The number of aliphatic hydroxyl groups excluding tert-OH is 2. The van der Waals surface area contributed by atoms with Gasteiger partial charge in [0.15, 0.2) is 0 Å². The summed E-state index contributed by atoms with van der Waals surface area (Å²) >= 11 is 3.99. The van der Waals surface area contributed by atoms with Crippen molar-refractivity contribution in [1.29, 1.82) is 0 Å². The fraction of sp³-hybridized carbons (Fsp3) is 0.333. The molecule has 1 aromatic rings. The maximum atomic E-state index is 11.3. The number of para-hydroxylation sites is 1. The van der Waals surface area contributed by atoms with Gasteiger partial charge in [0.25, 0.3) is 5.91 Å². The molecule has 0 fully saturated rings. The minimum Gasteiger partial charge on any atom is -0.411 e. The van der Waals surface area contributed by atoms with Gasteiger partial charge in [0.05, 0.1) is 6.10 Å². The van der Waals surface area contributed by atoms with E-state index in [0.717, 1.165) is 0 Å². The molecule has 0 aliphatic carbocycles. The molecule has 1 aromatic carbocycles. The predicted octanol–water partition coefficient (Wildman–Crippen LogP) is 0.799. The molecule has 0 bridgehead atoms. The highest BCUT2D eigenvalue weighted by Crippen LogP contribution is 2.26.